The zero-order chi connectivity index (χ0) is 13.8. The highest BCUT2D eigenvalue weighted by molar-refractivity contribution is 4.88. The summed E-state index contributed by atoms with van der Waals surface area (Å²) in [6.07, 6.45) is 4.27. The maximum Gasteiger partial charge on any atom is 0.0223 e. The molecule has 0 saturated carbocycles. The number of nitrogens with zero attached hydrogens (tertiary/aromatic N) is 2. The molecule has 2 rings (SSSR count). The summed E-state index contributed by atoms with van der Waals surface area (Å²) in [5, 5.41) is 3.58. The Hall–Kier alpha value is -0.120. The molecule has 0 radical (unpaired) electrons. The predicted octanol–water partition coefficient (Wildman–Crippen LogP) is 2.18. The molecule has 2 aliphatic heterocycles. The fourth-order valence-corrected chi connectivity index (χ4v) is 3.50. The van der Waals surface area contributed by atoms with E-state index in [4.69, 9.17) is 0 Å². The summed E-state index contributed by atoms with van der Waals surface area (Å²) in [6, 6.07) is 2.15. The van der Waals surface area contributed by atoms with Gasteiger partial charge in [-0.2, -0.15) is 0 Å². The Morgan fingerprint density at radius 3 is 2.58 bits per heavy atom. The predicted molar refractivity (Wildman–Crippen MR) is 82.5 cm³/mol. The molecule has 0 aromatic rings. The molecule has 3 atom stereocenters. The van der Waals surface area contributed by atoms with Gasteiger partial charge in [-0.1, -0.05) is 27.2 Å². The number of piperazine rings is 1. The molecule has 112 valence electrons. The van der Waals surface area contributed by atoms with Crippen molar-refractivity contribution in [2.75, 3.05) is 32.7 Å². The highest BCUT2D eigenvalue weighted by atomic mass is 15.3. The number of hydrogen-bond donors (Lipinski definition) is 1. The second-order valence-corrected chi connectivity index (χ2v) is 6.96. The SMILES string of the molecule is CC(C)NCC(C)C(C)N1CCN2CCCCC2C1. The third-order valence-corrected chi connectivity index (χ3v) is 5.12. The zero-order valence-corrected chi connectivity index (χ0v) is 13.4. The normalized spacial score (nSPS) is 29.2. The second kappa shape index (κ2) is 7.05. The van der Waals surface area contributed by atoms with E-state index in [9.17, 15) is 0 Å². The number of fused-ring (bicyclic) bond motifs is 1. The molecular formula is C16H33N3. The first-order valence-corrected chi connectivity index (χ1v) is 8.29. The Morgan fingerprint density at radius 2 is 1.84 bits per heavy atom. The lowest BCUT2D eigenvalue weighted by molar-refractivity contribution is 0.0191. The molecule has 3 heteroatoms. The van der Waals surface area contributed by atoms with Crippen LogP contribution >= 0.6 is 0 Å². The van der Waals surface area contributed by atoms with E-state index in [-0.39, 0.29) is 0 Å². The summed E-state index contributed by atoms with van der Waals surface area (Å²) in [4.78, 5) is 5.46. The van der Waals surface area contributed by atoms with E-state index in [1.54, 1.807) is 0 Å². The van der Waals surface area contributed by atoms with Crippen LogP contribution < -0.4 is 5.32 Å². The van der Waals surface area contributed by atoms with Crippen molar-refractivity contribution in [2.45, 2.75) is 65.1 Å². The molecule has 0 spiro atoms. The lowest BCUT2D eigenvalue weighted by Crippen LogP contribution is -2.58. The highest BCUT2D eigenvalue weighted by Gasteiger charge is 2.32. The molecule has 3 nitrogen and oxygen atoms in total. The first kappa shape index (κ1) is 15.3. The number of piperidine rings is 1. The van der Waals surface area contributed by atoms with E-state index < -0.39 is 0 Å². The van der Waals surface area contributed by atoms with Crippen molar-refractivity contribution in [1.29, 1.82) is 0 Å². The first-order chi connectivity index (χ1) is 9.08. The van der Waals surface area contributed by atoms with Gasteiger partial charge in [-0.15, -0.1) is 0 Å². The monoisotopic (exact) mass is 267 g/mol. The maximum atomic E-state index is 3.58. The van der Waals surface area contributed by atoms with Gasteiger partial charge in [0.15, 0.2) is 0 Å². The molecule has 2 saturated heterocycles. The van der Waals surface area contributed by atoms with E-state index in [2.05, 4.69) is 42.8 Å². The molecule has 0 amide bonds. The van der Waals surface area contributed by atoms with Crippen LogP contribution in [0.15, 0.2) is 0 Å². The van der Waals surface area contributed by atoms with Gasteiger partial charge in [-0.3, -0.25) is 9.80 Å². The Bertz CT molecular complexity index is 267. The maximum absolute atomic E-state index is 3.58. The van der Waals surface area contributed by atoms with Gasteiger partial charge in [0.1, 0.15) is 0 Å². The van der Waals surface area contributed by atoms with E-state index in [0.29, 0.717) is 12.1 Å². The van der Waals surface area contributed by atoms with Crippen LogP contribution in [0.5, 0.6) is 0 Å². The van der Waals surface area contributed by atoms with Crippen LogP contribution in [0.2, 0.25) is 0 Å². The minimum Gasteiger partial charge on any atom is -0.314 e. The molecule has 0 aliphatic carbocycles. The van der Waals surface area contributed by atoms with Crippen LogP contribution in [-0.4, -0.2) is 60.6 Å². The molecule has 1 N–H and O–H groups in total. The van der Waals surface area contributed by atoms with Crippen molar-refractivity contribution in [3.05, 3.63) is 0 Å². The number of nitrogens with one attached hydrogen (secondary N) is 1. The quantitative estimate of drug-likeness (QED) is 0.824. The molecule has 3 unspecified atom stereocenters. The third-order valence-electron chi connectivity index (χ3n) is 5.12. The van der Waals surface area contributed by atoms with Gasteiger partial charge >= 0.3 is 0 Å². The van der Waals surface area contributed by atoms with Crippen LogP contribution in [0.1, 0.15) is 47.0 Å². The lowest BCUT2D eigenvalue weighted by atomic mass is 9.95. The molecule has 0 aromatic carbocycles. The van der Waals surface area contributed by atoms with Crippen molar-refractivity contribution in [3.8, 4) is 0 Å². The van der Waals surface area contributed by atoms with Crippen molar-refractivity contribution >= 4 is 0 Å². The van der Waals surface area contributed by atoms with Crippen LogP contribution in [0.3, 0.4) is 0 Å². The lowest BCUT2D eigenvalue weighted by Gasteiger charge is -2.47. The minimum atomic E-state index is 0.602. The Morgan fingerprint density at radius 1 is 1.05 bits per heavy atom. The molecule has 0 bridgehead atoms. The largest absolute Gasteiger partial charge is 0.314 e. The fourth-order valence-electron chi connectivity index (χ4n) is 3.50. The summed E-state index contributed by atoms with van der Waals surface area (Å²) in [7, 11) is 0. The van der Waals surface area contributed by atoms with Gasteiger partial charge in [0.05, 0.1) is 0 Å². The van der Waals surface area contributed by atoms with Gasteiger partial charge in [0.2, 0.25) is 0 Å². The van der Waals surface area contributed by atoms with Crippen LogP contribution in [-0.2, 0) is 0 Å². The van der Waals surface area contributed by atoms with Gasteiger partial charge in [-0.05, 0) is 38.8 Å². The summed E-state index contributed by atoms with van der Waals surface area (Å²) < 4.78 is 0. The molecule has 2 fully saturated rings. The number of hydrogen-bond acceptors (Lipinski definition) is 3. The molecule has 2 heterocycles. The second-order valence-electron chi connectivity index (χ2n) is 6.96. The summed E-state index contributed by atoms with van der Waals surface area (Å²) in [6.45, 7) is 15.6. The molecule has 19 heavy (non-hydrogen) atoms. The molecule has 2 aliphatic rings. The summed E-state index contributed by atoms with van der Waals surface area (Å²) in [5.41, 5.74) is 0. The average molecular weight is 267 g/mol. The van der Waals surface area contributed by atoms with Crippen LogP contribution in [0, 0.1) is 5.92 Å². The minimum absolute atomic E-state index is 0.602. The van der Waals surface area contributed by atoms with E-state index >= 15 is 0 Å². The zero-order valence-electron chi connectivity index (χ0n) is 13.4. The standard InChI is InChI=1S/C16H33N3/c1-13(2)17-11-14(3)15(4)19-10-9-18-8-6-5-7-16(18)12-19/h13-17H,5-12H2,1-4H3. The van der Waals surface area contributed by atoms with Crippen LogP contribution in [0.25, 0.3) is 0 Å². The summed E-state index contributed by atoms with van der Waals surface area (Å²) >= 11 is 0. The smallest absolute Gasteiger partial charge is 0.0223 e. The number of rotatable bonds is 5. The molecular weight excluding hydrogens is 234 g/mol. The van der Waals surface area contributed by atoms with Crippen molar-refractivity contribution in [1.82, 2.24) is 15.1 Å². The van der Waals surface area contributed by atoms with Gasteiger partial charge in [0, 0.05) is 37.8 Å². The Kier molecular flexibility index (Phi) is 5.67. The average Bonchev–Trinajstić information content (AvgIpc) is 2.43. The van der Waals surface area contributed by atoms with Gasteiger partial charge in [0.25, 0.3) is 0 Å². The van der Waals surface area contributed by atoms with Gasteiger partial charge < -0.3 is 5.32 Å². The van der Waals surface area contributed by atoms with Crippen LogP contribution in [0.4, 0.5) is 0 Å². The van der Waals surface area contributed by atoms with Crippen molar-refractivity contribution in [3.63, 3.8) is 0 Å². The van der Waals surface area contributed by atoms with Gasteiger partial charge in [-0.25, -0.2) is 0 Å². The van der Waals surface area contributed by atoms with Crippen molar-refractivity contribution < 1.29 is 0 Å². The van der Waals surface area contributed by atoms with E-state index in [1.807, 2.05) is 0 Å². The third kappa shape index (κ3) is 4.17. The van der Waals surface area contributed by atoms with E-state index in [0.717, 1.165) is 18.5 Å². The fraction of sp³-hybridized carbons (Fsp3) is 1.00. The molecule has 0 aromatic heterocycles. The van der Waals surface area contributed by atoms with E-state index in [1.165, 1.54) is 45.4 Å². The van der Waals surface area contributed by atoms with Crippen molar-refractivity contribution in [2.24, 2.45) is 5.92 Å². The summed E-state index contributed by atoms with van der Waals surface area (Å²) in [5.74, 6) is 0.734. The topological polar surface area (TPSA) is 18.5 Å². The Labute approximate surface area is 119 Å². The Balaban J connectivity index is 1.80. The highest BCUT2D eigenvalue weighted by Crippen LogP contribution is 2.23. The first-order valence-electron chi connectivity index (χ1n) is 8.29.